The molecule has 5 nitrogen and oxygen atoms in total. The van der Waals surface area contributed by atoms with E-state index < -0.39 is 18.1 Å². The summed E-state index contributed by atoms with van der Waals surface area (Å²) in [6.45, 7) is 1.77. The number of hydrogen-bond donors (Lipinski definition) is 2. The number of amides is 2. The average Bonchev–Trinajstić information content (AvgIpc) is 2.89. The molecule has 0 fully saturated rings. The van der Waals surface area contributed by atoms with Crippen LogP contribution in [0.3, 0.4) is 0 Å². The van der Waals surface area contributed by atoms with Crippen molar-refractivity contribution in [1.29, 1.82) is 0 Å². The highest BCUT2D eigenvalue weighted by Gasteiger charge is 2.65. The lowest BCUT2D eigenvalue weighted by Crippen LogP contribution is -2.65. The first kappa shape index (κ1) is 18.7. The van der Waals surface area contributed by atoms with E-state index in [1.807, 2.05) is 0 Å². The number of hydrogen-bond acceptors (Lipinski definition) is 3. The fraction of sp³-hybridized carbons (Fsp3) is 0.188. The predicted octanol–water partition coefficient (Wildman–Crippen LogP) is 5.22. The number of aryl methyl sites for hydroxylation is 1. The van der Waals surface area contributed by atoms with E-state index in [9.17, 15) is 18.0 Å². The number of halogens is 5. The molecule has 0 unspecified atom stereocenters. The van der Waals surface area contributed by atoms with Gasteiger partial charge in [0, 0.05) is 21.2 Å². The van der Waals surface area contributed by atoms with E-state index in [1.165, 1.54) is 24.3 Å². The van der Waals surface area contributed by atoms with Crippen molar-refractivity contribution in [3.8, 4) is 11.5 Å². The second-order valence-corrected chi connectivity index (χ2v) is 6.74. The highest BCUT2D eigenvalue weighted by atomic mass is 79.9. The van der Waals surface area contributed by atoms with Crippen LogP contribution in [0.25, 0.3) is 0 Å². The van der Waals surface area contributed by atoms with Gasteiger partial charge in [-0.3, -0.25) is 5.32 Å². The fourth-order valence-corrected chi connectivity index (χ4v) is 2.66. The lowest BCUT2D eigenvalue weighted by molar-refractivity contribution is -0.317. The molecule has 3 rings (SSSR count). The first-order valence-corrected chi connectivity index (χ1v) is 8.36. The number of carbonyl (C=O) groups excluding carboxylic acids is 1. The molecule has 1 aliphatic rings. The van der Waals surface area contributed by atoms with Gasteiger partial charge < -0.3 is 14.8 Å². The van der Waals surface area contributed by atoms with Crippen LogP contribution in [0.1, 0.15) is 5.56 Å². The summed E-state index contributed by atoms with van der Waals surface area (Å²) in [7, 11) is 0. The highest BCUT2D eigenvalue weighted by Crippen LogP contribution is 2.46. The van der Waals surface area contributed by atoms with Crippen LogP contribution in [-0.4, -0.2) is 18.1 Å². The lowest BCUT2D eigenvalue weighted by atomic mass is 10.2. The number of anilines is 1. The normalized spacial score (nSPS) is 18.5. The topological polar surface area (TPSA) is 59.6 Å². The van der Waals surface area contributed by atoms with E-state index in [2.05, 4.69) is 21.2 Å². The molecular formula is C16H11BrClF3N2O3. The van der Waals surface area contributed by atoms with E-state index in [0.29, 0.717) is 5.69 Å². The molecule has 2 aromatic carbocycles. The Morgan fingerprint density at radius 2 is 1.85 bits per heavy atom. The molecular weight excluding hydrogens is 441 g/mol. The number of carbonyl (C=O) groups is 1. The molecule has 0 saturated heterocycles. The van der Waals surface area contributed by atoms with Gasteiger partial charge in [-0.25, -0.2) is 4.79 Å². The Labute approximate surface area is 159 Å². The van der Waals surface area contributed by atoms with Crippen molar-refractivity contribution >= 4 is 39.2 Å². The molecule has 10 heteroatoms. The molecule has 2 aromatic rings. The quantitative estimate of drug-likeness (QED) is 0.658. The smallest absolute Gasteiger partial charge is 0.424 e. The van der Waals surface area contributed by atoms with Crippen LogP contribution < -0.4 is 20.1 Å². The third-order valence-corrected chi connectivity index (χ3v) is 4.61. The standard InChI is InChI=1S/C16H11BrClF3N2O3/c1-8-6-10(3-4-11(8)17)22-14(24)23-16(15(19,20)21)25-12-5-2-9(18)7-13(12)26-16/h2-7H,1H3,(H2,22,23,24)/t16-/m1/s1. The third-order valence-electron chi connectivity index (χ3n) is 3.48. The molecule has 0 aliphatic carbocycles. The van der Waals surface area contributed by atoms with Gasteiger partial charge in [-0.15, -0.1) is 0 Å². The van der Waals surface area contributed by atoms with Crippen molar-refractivity contribution in [2.75, 3.05) is 5.32 Å². The first-order valence-electron chi connectivity index (χ1n) is 7.19. The summed E-state index contributed by atoms with van der Waals surface area (Å²) in [4.78, 5) is 12.1. The summed E-state index contributed by atoms with van der Waals surface area (Å²) >= 11 is 9.05. The molecule has 1 atom stereocenters. The Kier molecular flexibility index (Phi) is 4.70. The maximum atomic E-state index is 13.6. The van der Waals surface area contributed by atoms with E-state index in [0.717, 1.165) is 10.0 Å². The minimum absolute atomic E-state index is 0.167. The summed E-state index contributed by atoms with van der Waals surface area (Å²) in [6.07, 6.45) is -5.05. The molecule has 0 aromatic heterocycles. The molecule has 2 amide bonds. The minimum atomic E-state index is -5.05. The van der Waals surface area contributed by atoms with Gasteiger partial charge in [-0.1, -0.05) is 27.5 Å². The Hall–Kier alpha value is -2.13. The number of urea groups is 1. The number of benzene rings is 2. The predicted molar refractivity (Wildman–Crippen MR) is 92.5 cm³/mol. The van der Waals surface area contributed by atoms with Gasteiger partial charge in [0.1, 0.15) is 0 Å². The molecule has 2 N–H and O–H groups in total. The van der Waals surface area contributed by atoms with Crippen LogP contribution in [0.2, 0.25) is 5.02 Å². The second kappa shape index (κ2) is 6.55. The molecule has 0 radical (unpaired) electrons. The van der Waals surface area contributed by atoms with E-state index in [1.54, 1.807) is 24.4 Å². The van der Waals surface area contributed by atoms with Crippen molar-refractivity contribution in [2.24, 2.45) is 0 Å². The van der Waals surface area contributed by atoms with Gasteiger partial charge in [-0.2, -0.15) is 13.2 Å². The number of nitrogens with one attached hydrogen (secondary N) is 2. The maximum absolute atomic E-state index is 13.6. The van der Waals surface area contributed by atoms with Gasteiger partial charge >= 0.3 is 18.1 Å². The summed E-state index contributed by atoms with van der Waals surface area (Å²) in [5, 5.41) is 4.19. The monoisotopic (exact) mass is 450 g/mol. The third kappa shape index (κ3) is 3.54. The van der Waals surface area contributed by atoms with Crippen LogP contribution >= 0.6 is 27.5 Å². The first-order chi connectivity index (χ1) is 12.1. The zero-order valence-electron chi connectivity index (χ0n) is 13.1. The van der Waals surface area contributed by atoms with Crippen molar-refractivity contribution in [2.45, 2.75) is 19.0 Å². The number of alkyl halides is 3. The molecule has 26 heavy (non-hydrogen) atoms. The van der Waals surface area contributed by atoms with Gasteiger partial charge in [-0.05, 0) is 42.8 Å². The molecule has 0 saturated carbocycles. The summed E-state index contributed by atoms with van der Waals surface area (Å²) in [5.74, 6) is -3.77. The van der Waals surface area contributed by atoms with Crippen LogP contribution in [0, 0.1) is 6.92 Å². The van der Waals surface area contributed by atoms with Gasteiger partial charge in [0.05, 0.1) is 0 Å². The number of ether oxygens (including phenoxy) is 2. The Balaban J connectivity index is 1.82. The van der Waals surface area contributed by atoms with Gasteiger partial charge in [0.25, 0.3) is 0 Å². The molecule has 1 heterocycles. The maximum Gasteiger partial charge on any atom is 0.492 e. The average molecular weight is 452 g/mol. The van der Waals surface area contributed by atoms with Gasteiger partial charge in [0.2, 0.25) is 0 Å². The van der Waals surface area contributed by atoms with Crippen molar-refractivity contribution in [3.63, 3.8) is 0 Å². The largest absolute Gasteiger partial charge is 0.492 e. The zero-order valence-corrected chi connectivity index (χ0v) is 15.4. The molecule has 138 valence electrons. The second-order valence-electron chi connectivity index (χ2n) is 5.45. The highest BCUT2D eigenvalue weighted by molar-refractivity contribution is 9.10. The van der Waals surface area contributed by atoms with E-state index >= 15 is 0 Å². The SMILES string of the molecule is Cc1cc(NC(=O)N[C@]2(C(F)(F)F)Oc3ccc(Cl)cc3O2)ccc1Br. The summed E-state index contributed by atoms with van der Waals surface area (Å²) < 4.78 is 51.3. The van der Waals surface area contributed by atoms with Crippen LogP contribution in [0.15, 0.2) is 40.9 Å². The molecule has 0 spiro atoms. The van der Waals surface area contributed by atoms with Crippen LogP contribution in [0.5, 0.6) is 11.5 Å². The van der Waals surface area contributed by atoms with Crippen LogP contribution in [-0.2, 0) is 0 Å². The van der Waals surface area contributed by atoms with Gasteiger partial charge in [0.15, 0.2) is 11.5 Å². The van der Waals surface area contributed by atoms with Crippen molar-refractivity contribution in [3.05, 3.63) is 51.5 Å². The minimum Gasteiger partial charge on any atom is -0.424 e. The summed E-state index contributed by atoms with van der Waals surface area (Å²) in [6, 6.07) is 7.37. The number of rotatable bonds is 2. The zero-order chi connectivity index (χ0) is 19.1. The Morgan fingerprint density at radius 3 is 2.50 bits per heavy atom. The van der Waals surface area contributed by atoms with Crippen LogP contribution in [0.4, 0.5) is 23.7 Å². The van der Waals surface area contributed by atoms with E-state index in [4.69, 9.17) is 21.1 Å². The van der Waals surface area contributed by atoms with Crippen molar-refractivity contribution in [1.82, 2.24) is 5.32 Å². The fourth-order valence-electron chi connectivity index (χ4n) is 2.25. The number of fused-ring (bicyclic) bond motifs is 1. The van der Waals surface area contributed by atoms with Crippen molar-refractivity contribution < 1.29 is 27.4 Å². The Morgan fingerprint density at radius 1 is 1.15 bits per heavy atom. The molecule has 1 aliphatic heterocycles. The summed E-state index contributed by atoms with van der Waals surface area (Å²) in [5.41, 5.74) is 1.10. The molecule has 0 bridgehead atoms. The Bertz CT molecular complexity index is 878. The lowest BCUT2D eigenvalue weighted by Gasteiger charge is -2.29. The van der Waals surface area contributed by atoms with E-state index in [-0.39, 0.29) is 16.5 Å².